The summed E-state index contributed by atoms with van der Waals surface area (Å²) < 4.78 is 7.56. The van der Waals surface area contributed by atoms with Crippen molar-refractivity contribution in [1.29, 1.82) is 0 Å². The lowest BCUT2D eigenvalue weighted by molar-refractivity contribution is -0.140. The molecule has 0 amide bonds. The van der Waals surface area contributed by atoms with Crippen LogP contribution in [-0.2, 0) is 9.53 Å². The van der Waals surface area contributed by atoms with E-state index in [1.165, 1.54) is 95.4 Å². The monoisotopic (exact) mass is 480 g/mol. The van der Waals surface area contributed by atoms with Gasteiger partial charge in [0.05, 0.1) is 17.6 Å². The number of hydrogen-bond donors (Lipinski definition) is 1. The Bertz CT molecular complexity index is 949. The molecule has 2 aliphatic heterocycles. The zero-order valence-electron chi connectivity index (χ0n) is 21.6. The molecule has 1 aromatic carbocycles. The Kier molecular flexibility index (Phi) is 8.27. The van der Waals surface area contributed by atoms with Gasteiger partial charge >= 0.3 is 5.97 Å². The molecule has 0 spiro atoms. The van der Waals surface area contributed by atoms with Gasteiger partial charge in [0.15, 0.2) is 0 Å². The topological polar surface area (TPSA) is 59.4 Å². The molecule has 3 atom stereocenters. The Morgan fingerprint density at radius 1 is 0.886 bits per heavy atom. The molecule has 1 aliphatic carbocycles. The highest BCUT2D eigenvalue weighted by Crippen LogP contribution is 2.44. The van der Waals surface area contributed by atoms with Gasteiger partial charge in [-0.25, -0.2) is 4.98 Å². The fourth-order valence-electron chi connectivity index (χ4n) is 7.18. The Labute approximate surface area is 210 Å². The number of rotatable bonds is 6. The molecule has 2 aromatic rings. The lowest BCUT2D eigenvalue weighted by Gasteiger charge is -2.53. The minimum Gasteiger partial charge on any atom is -0.465 e. The Balaban J connectivity index is 1.37. The summed E-state index contributed by atoms with van der Waals surface area (Å²) in [6.07, 6.45) is 19.1. The third-order valence-electron chi connectivity index (χ3n) is 8.66. The maximum absolute atomic E-state index is 12.1. The number of esters is 1. The van der Waals surface area contributed by atoms with Crippen molar-refractivity contribution in [3.63, 3.8) is 0 Å². The largest absolute Gasteiger partial charge is 0.465 e. The number of anilines is 1. The number of carbonyl (C=O) groups excluding carboxylic acids is 1. The van der Waals surface area contributed by atoms with Crippen LogP contribution in [0.3, 0.4) is 0 Å². The predicted molar refractivity (Wildman–Crippen MR) is 142 cm³/mol. The second kappa shape index (κ2) is 11.8. The zero-order chi connectivity index (χ0) is 24.0. The van der Waals surface area contributed by atoms with Crippen molar-refractivity contribution in [2.24, 2.45) is 0 Å². The van der Waals surface area contributed by atoms with Gasteiger partial charge in [0.25, 0.3) is 0 Å². The summed E-state index contributed by atoms with van der Waals surface area (Å²) in [4.78, 5) is 20.0. The molecular formula is C29H44N4O2. The first-order valence-corrected chi connectivity index (χ1v) is 14.4. The Morgan fingerprint density at radius 2 is 1.51 bits per heavy atom. The molecule has 3 aliphatic rings. The number of nitrogens with zero attached hydrogens (tertiary/aromatic N) is 3. The van der Waals surface area contributed by atoms with Crippen LogP contribution in [0.4, 0.5) is 5.95 Å². The van der Waals surface area contributed by atoms with Gasteiger partial charge in [-0.3, -0.25) is 9.69 Å². The highest BCUT2D eigenvalue weighted by atomic mass is 16.5. The number of hydrogen-bond acceptors (Lipinski definition) is 5. The zero-order valence-corrected chi connectivity index (χ0v) is 21.6. The van der Waals surface area contributed by atoms with Crippen LogP contribution < -0.4 is 5.32 Å². The first-order chi connectivity index (χ1) is 17.2. The Morgan fingerprint density at radius 3 is 2.20 bits per heavy atom. The van der Waals surface area contributed by atoms with E-state index in [1.807, 2.05) is 13.0 Å². The SMILES string of the molecule is CCOC(=O)CNc1nc2ccccc2n1C1C[C@H]2CCC[C@@H](C1)N2C1CCCCCCCCC1. The van der Waals surface area contributed by atoms with E-state index < -0.39 is 0 Å². The normalized spacial score (nSPS) is 26.9. The van der Waals surface area contributed by atoms with Gasteiger partial charge < -0.3 is 14.6 Å². The summed E-state index contributed by atoms with van der Waals surface area (Å²) in [5.41, 5.74) is 2.17. The smallest absolute Gasteiger partial charge is 0.325 e. The van der Waals surface area contributed by atoms with E-state index in [4.69, 9.17) is 9.72 Å². The van der Waals surface area contributed by atoms with Gasteiger partial charge in [-0.15, -0.1) is 0 Å². The van der Waals surface area contributed by atoms with Crippen molar-refractivity contribution in [2.75, 3.05) is 18.5 Å². The molecule has 35 heavy (non-hydrogen) atoms. The number of benzene rings is 1. The van der Waals surface area contributed by atoms with Crippen LogP contribution in [0.1, 0.15) is 103 Å². The molecule has 1 aromatic heterocycles. The number of imidazole rings is 1. The van der Waals surface area contributed by atoms with E-state index in [1.54, 1.807) is 0 Å². The summed E-state index contributed by atoms with van der Waals surface area (Å²) in [6.45, 7) is 2.41. The van der Waals surface area contributed by atoms with E-state index in [9.17, 15) is 4.79 Å². The molecule has 6 heteroatoms. The van der Waals surface area contributed by atoms with Gasteiger partial charge in [0.2, 0.25) is 5.95 Å². The van der Waals surface area contributed by atoms with Crippen LogP contribution in [0.2, 0.25) is 0 Å². The van der Waals surface area contributed by atoms with Crippen molar-refractivity contribution in [3.05, 3.63) is 24.3 Å². The molecule has 3 heterocycles. The number of carbonyl (C=O) groups is 1. The molecule has 6 nitrogen and oxygen atoms in total. The Hall–Kier alpha value is -2.08. The predicted octanol–water partition coefficient (Wildman–Crippen LogP) is 6.46. The number of piperidine rings is 2. The molecule has 5 rings (SSSR count). The summed E-state index contributed by atoms with van der Waals surface area (Å²) in [5, 5.41) is 3.32. The molecule has 192 valence electrons. The van der Waals surface area contributed by atoms with Gasteiger partial charge in [0.1, 0.15) is 6.54 Å². The van der Waals surface area contributed by atoms with Crippen LogP contribution in [0, 0.1) is 0 Å². The standard InChI is InChI=1S/C29H44N4O2/c1-2-35-28(34)21-30-29-31-26-17-10-11-18-27(26)33(29)25-19-23-15-12-16-24(20-25)32(23)22-13-8-6-4-3-5-7-9-14-22/h10-11,17-18,22-25H,2-9,12-16,19-21H2,1H3,(H,30,31)/t23-,24+,25?. The summed E-state index contributed by atoms with van der Waals surface area (Å²) >= 11 is 0. The fourth-order valence-corrected chi connectivity index (χ4v) is 7.18. The average molecular weight is 481 g/mol. The van der Waals surface area contributed by atoms with Crippen molar-refractivity contribution < 1.29 is 9.53 Å². The molecule has 2 bridgehead atoms. The minimum atomic E-state index is -0.228. The number of nitrogens with one attached hydrogen (secondary N) is 1. The second-order valence-corrected chi connectivity index (χ2v) is 11.0. The highest BCUT2D eigenvalue weighted by Gasteiger charge is 2.42. The maximum Gasteiger partial charge on any atom is 0.325 e. The van der Waals surface area contributed by atoms with Crippen LogP contribution >= 0.6 is 0 Å². The van der Waals surface area contributed by atoms with Crippen LogP contribution in [-0.4, -0.2) is 51.7 Å². The van der Waals surface area contributed by atoms with Crippen molar-refractivity contribution in [3.8, 4) is 0 Å². The number of aromatic nitrogens is 2. The molecule has 2 saturated heterocycles. The molecule has 1 unspecified atom stereocenters. The van der Waals surface area contributed by atoms with Crippen LogP contribution in [0.15, 0.2) is 24.3 Å². The van der Waals surface area contributed by atoms with Gasteiger partial charge in [-0.05, 0) is 57.6 Å². The van der Waals surface area contributed by atoms with E-state index in [-0.39, 0.29) is 12.5 Å². The van der Waals surface area contributed by atoms with E-state index in [2.05, 4.69) is 33.0 Å². The first-order valence-electron chi connectivity index (χ1n) is 14.4. The van der Waals surface area contributed by atoms with Crippen LogP contribution in [0.25, 0.3) is 11.0 Å². The van der Waals surface area contributed by atoms with Crippen molar-refractivity contribution >= 4 is 23.0 Å². The second-order valence-electron chi connectivity index (χ2n) is 11.0. The van der Waals surface area contributed by atoms with E-state index in [0.29, 0.717) is 24.7 Å². The van der Waals surface area contributed by atoms with Gasteiger partial charge in [0, 0.05) is 24.2 Å². The summed E-state index contributed by atoms with van der Waals surface area (Å²) in [5.74, 6) is 0.586. The molecular weight excluding hydrogens is 436 g/mol. The summed E-state index contributed by atoms with van der Waals surface area (Å²) in [6, 6.07) is 10.9. The fraction of sp³-hybridized carbons (Fsp3) is 0.724. The number of fused-ring (bicyclic) bond motifs is 3. The third kappa shape index (κ3) is 5.68. The number of para-hydroxylation sites is 2. The van der Waals surface area contributed by atoms with Gasteiger partial charge in [-0.2, -0.15) is 0 Å². The lowest BCUT2D eigenvalue weighted by atomic mass is 9.79. The minimum absolute atomic E-state index is 0.158. The molecule has 1 saturated carbocycles. The van der Waals surface area contributed by atoms with E-state index >= 15 is 0 Å². The van der Waals surface area contributed by atoms with E-state index in [0.717, 1.165) is 17.5 Å². The quantitative estimate of drug-likeness (QED) is 0.481. The highest BCUT2D eigenvalue weighted by molar-refractivity contribution is 5.80. The van der Waals surface area contributed by atoms with Crippen LogP contribution in [0.5, 0.6) is 0 Å². The molecule has 1 N–H and O–H groups in total. The van der Waals surface area contributed by atoms with Crippen molar-refractivity contribution in [1.82, 2.24) is 14.5 Å². The number of ether oxygens (including phenoxy) is 1. The van der Waals surface area contributed by atoms with Crippen molar-refractivity contribution in [2.45, 2.75) is 121 Å². The third-order valence-corrected chi connectivity index (χ3v) is 8.66. The van der Waals surface area contributed by atoms with Gasteiger partial charge in [-0.1, -0.05) is 63.5 Å². The molecule has 3 fully saturated rings. The average Bonchev–Trinajstić information content (AvgIpc) is 3.24. The molecule has 0 radical (unpaired) electrons. The summed E-state index contributed by atoms with van der Waals surface area (Å²) in [7, 11) is 0. The lowest BCUT2D eigenvalue weighted by Crippen LogP contribution is -2.56. The first kappa shape index (κ1) is 24.6. The maximum atomic E-state index is 12.1.